The van der Waals surface area contributed by atoms with Crippen LogP contribution in [0.2, 0.25) is 0 Å². The van der Waals surface area contributed by atoms with Gasteiger partial charge in [-0.3, -0.25) is 4.79 Å². The lowest BCUT2D eigenvalue weighted by atomic mass is 9.83. The van der Waals surface area contributed by atoms with E-state index >= 15 is 0 Å². The number of aromatic nitrogens is 1. The van der Waals surface area contributed by atoms with Gasteiger partial charge >= 0.3 is 0 Å². The van der Waals surface area contributed by atoms with Crippen LogP contribution in [0.3, 0.4) is 0 Å². The summed E-state index contributed by atoms with van der Waals surface area (Å²) in [7, 11) is 3.26. The first-order valence-electron chi connectivity index (χ1n) is 11.1. The Morgan fingerprint density at radius 2 is 1.80 bits per heavy atom. The van der Waals surface area contributed by atoms with Crippen molar-refractivity contribution < 1.29 is 14.2 Å². The topological polar surface area (TPSA) is 99.5 Å². The average molecular weight is 466 g/mol. The number of allylic oxidation sites excluding steroid dienone is 1. The lowest BCUT2D eigenvalue weighted by molar-refractivity contribution is 0.284. The van der Waals surface area contributed by atoms with Crippen LogP contribution in [0.15, 0.2) is 89.0 Å². The van der Waals surface area contributed by atoms with Crippen LogP contribution in [0.25, 0.3) is 10.9 Å². The van der Waals surface area contributed by atoms with Crippen LogP contribution in [-0.4, -0.2) is 11.7 Å². The molecule has 0 radical (unpaired) electrons. The molecule has 1 atom stereocenters. The number of ether oxygens (including phenoxy) is 3. The van der Waals surface area contributed by atoms with E-state index in [-0.39, 0.29) is 17.0 Å². The summed E-state index contributed by atoms with van der Waals surface area (Å²) < 4.78 is 19.0. The van der Waals surface area contributed by atoms with E-state index in [4.69, 9.17) is 19.9 Å². The summed E-state index contributed by atoms with van der Waals surface area (Å²) in [5, 5.41) is 10.7. The molecule has 0 saturated heterocycles. The zero-order valence-corrected chi connectivity index (χ0v) is 19.3. The van der Waals surface area contributed by atoms with E-state index in [1.807, 2.05) is 60.7 Å². The molecule has 0 fully saturated rings. The SMILES string of the molecule is COc1cc(C2C(C#N)=C(N)Oc3c2c(=O)n(C)c2ccccc32)ccc1OCc1ccccc1. The number of fused-ring (bicyclic) bond motifs is 3. The molecular formula is C28H23N3O4. The molecule has 2 N–H and O–H groups in total. The normalized spacial score (nSPS) is 14.7. The summed E-state index contributed by atoms with van der Waals surface area (Å²) in [4.78, 5) is 13.5. The summed E-state index contributed by atoms with van der Waals surface area (Å²) >= 11 is 0. The van der Waals surface area contributed by atoms with E-state index in [1.54, 1.807) is 30.9 Å². The molecule has 1 aromatic heterocycles. The van der Waals surface area contributed by atoms with Crippen LogP contribution < -0.4 is 25.5 Å². The van der Waals surface area contributed by atoms with Crippen LogP contribution >= 0.6 is 0 Å². The second-order valence-electron chi connectivity index (χ2n) is 8.23. The van der Waals surface area contributed by atoms with Gasteiger partial charge in [0.25, 0.3) is 5.56 Å². The molecule has 0 bridgehead atoms. The van der Waals surface area contributed by atoms with Crippen LogP contribution in [0.1, 0.15) is 22.6 Å². The Bertz CT molecular complexity index is 1570. The highest BCUT2D eigenvalue weighted by molar-refractivity contribution is 5.88. The van der Waals surface area contributed by atoms with Crippen LogP contribution in [-0.2, 0) is 13.7 Å². The van der Waals surface area contributed by atoms with E-state index in [1.165, 1.54) is 0 Å². The minimum atomic E-state index is -0.718. The third-order valence-corrected chi connectivity index (χ3v) is 6.22. The molecule has 0 saturated carbocycles. The van der Waals surface area contributed by atoms with Crippen molar-refractivity contribution in [3.8, 4) is 23.3 Å². The number of rotatable bonds is 5. The fraction of sp³-hybridized carbons (Fsp3) is 0.143. The number of hydrogen-bond acceptors (Lipinski definition) is 6. The first kappa shape index (κ1) is 22.1. The molecule has 3 aromatic carbocycles. The van der Waals surface area contributed by atoms with E-state index in [0.717, 1.165) is 10.9 Å². The molecule has 174 valence electrons. The van der Waals surface area contributed by atoms with Crippen molar-refractivity contribution in [2.24, 2.45) is 12.8 Å². The van der Waals surface area contributed by atoms with Gasteiger partial charge in [0.05, 0.1) is 24.1 Å². The van der Waals surface area contributed by atoms with Crippen LogP contribution in [0.4, 0.5) is 0 Å². The first-order valence-corrected chi connectivity index (χ1v) is 11.1. The van der Waals surface area contributed by atoms with E-state index < -0.39 is 5.92 Å². The third kappa shape index (κ3) is 3.75. The predicted octanol–water partition coefficient (Wildman–Crippen LogP) is 4.34. The zero-order chi connectivity index (χ0) is 24.5. The van der Waals surface area contributed by atoms with E-state index in [9.17, 15) is 10.1 Å². The lowest BCUT2D eigenvalue weighted by Crippen LogP contribution is -2.31. The van der Waals surface area contributed by atoms with Crippen molar-refractivity contribution in [1.29, 1.82) is 5.26 Å². The average Bonchev–Trinajstić information content (AvgIpc) is 2.90. The summed E-state index contributed by atoms with van der Waals surface area (Å²) in [6.45, 7) is 0.374. The van der Waals surface area contributed by atoms with Crippen LogP contribution in [0, 0.1) is 11.3 Å². The fourth-order valence-corrected chi connectivity index (χ4v) is 4.48. The first-order chi connectivity index (χ1) is 17.0. The molecule has 0 aliphatic carbocycles. The number of methoxy groups -OCH3 is 1. The molecular weight excluding hydrogens is 442 g/mol. The number of nitrogens with zero attached hydrogens (tertiary/aromatic N) is 2. The number of aryl methyl sites for hydroxylation is 1. The minimum absolute atomic E-state index is 0.0215. The Morgan fingerprint density at radius 1 is 1.06 bits per heavy atom. The molecule has 5 rings (SSSR count). The fourth-order valence-electron chi connectivity index (χ4n) is 4.48. The molecule has 1 unspecified atom stereocenters. The van der Waals surface area contributed by atoms with Gasteiger partial charge in [-0.25, -0.2) is 0 Å². The highest BCUT2D eigenvalue weighted by Gasteiger charge is 2.35. The minimum Gasteiger partial charge on any atom is -0.493 e. The van der Waals surface area contributed by atoms with Crippen molar-refractivity contribution in [2.75, 3.05) is 7.11 Å². The lowest BCUT2D eigenvalue weighted by Gasteiger charge is -2.28. The zero-order valence-electron chi connectivity index (χ0n) is 19.3. The molecule has 1 aliphatic heterocycles. The standard InChI is InChI=1S/C28H23N3O4/c1-31-21-11-7-6-10-19(21)26-25(28(31)32)24(20(15-29)27(30)35-26)18-12-13-22(23(14-18)33-2)34-16-17-8-4-3-5-9-17/h3-14,24H,16,30H2,1-2H3. The Balaban J connectivity index is 1.64. The Kier molecular flexibility index (Phi) is 5.63. The van der Waals surface area contributed by atoms with Gasteiger partial charge in [0.15, 0.2) is 11.5 Å². The van der Waals surface area contributed by atoms with Gasteiger partial charge in [-0.15, -0.1) is 0 Å². The predicted molar refractivity (Wildman–Crippen MR) is 132 cm³/mol. The third-order valence-electron chi connectivity index (χ3n) is 6.22. The van der Waals surface area contributed by atoms with Gasteiger partial charge in [-0.1, -0.05) is 48.5 Å². The number of para-hydroxylation sites is 1. The second-order valence-corrected chi connectivity index (χ2v) is 8.23. The van der Waals surface area contributed by atoms with Crippen molar-refractivity contribution >= 4 is 10.9 Å². The Morgan fingerprint density at radius 3 is 2.54 bits per heavy atom. The molecule has 7 heteroatoms. The van der Waals surface area contributed by atoms with E-state index in [2.05, 4.69) is 6.07 Å². The highest BCUT2D eigenvalue weighted by Crippen LogP contribution is 2.45. The summed E-state index contributed by atoms with van der Waals surface area (Å²) in [5.41, 5.74) is 8.87. The molecule has 4 aromatic rings. The molecule has 35 heavy (non-hydrogen) atoms. The van der Waals surface area contributed by atoms with Crippen molar-refractivity contribution in [3.05, 3.63) is 111 Å². The maximum Gasteiger partial charge on any atom is 0.258 e. The molecule has 0 spiro atoms. The molecule has 2 heterocycles. The van der Waals surface area contributed by atoms with Gasteiger partial charge in [-0.2, -0.15) is 5.26 Å². The maximum absolute atomic E-state index is 13.5. The maximum atomic E-state index is 13.5. The van der Waals surface area contributed by atoms with Crippen molar-refractivity contribution in [3.63, 3.8) is 0 Å². The van der Waals surface area contributed by atoms with Crippen LogP contribution in [0.5, 0.6) is 17.2 Å². The van der Waals surface area contributed by atoms with Gasteiger partial charge in [0.1, 0.15) is 24.0 Å². The molecule has 1 aliphatic rings. The molecule has 7 nitrogen and oxygen atoms in total. The van der Waals surface area contributed by atoms with Gasteiger partial charge in [-0.05, 0) is 35.4 Å². The second kappa shape index (κ2) is 8.92. The summed E-state index contributed by atoms with van der Waals surface area (Å²) in [6.07, 6.45) is 0. The monoisotopic (exact) mass is 465 g/mol. The number of benzene rings is 3. The number of pyridine rings is 1. The Labute approximate surface area is 202 Å². The Hall–Kier alpha value is -4.70. The number of nitriles is 1. The van der Waals surface area contributed by atoms with Crippen molar-refractivity contribution in [2.45, 2.75) is 12.5 Å². The number of nitrogens with two attached hydrogens (primary N) is 1. The van der Waals surface area contributed by atoms with Gasteiger partial charge in [0.2, 0.25) is 5.88 Å². The van der Waals surface area contributed by atoms with Gasteiger partial charge in [0, 0.05) is 12.4 Å². The highest BCUT2D eigenvalue weighted by atomic mass is 16.5. The number of hydrogen-bond donors (Lipinski definition) is 1. The van der Waals surface area contributed by atoms with E-state index in [0.29, 0.717) is 40.5 Å². The summed E-state index contributed by atoms with van der Waals surface area (Å²) in [6, 6.07) is 24.8. The molecule has 0 amide bonds. The van der Waals surface area contributed by atoms with Crippen molar-refractivity contribution in [1.82, 2.24) is 4.57 Å². The summed E-state index contributed by atoms with van der Waals surface area (Å²) in [5.74, 6) is 0.665. The van der Waals surface area contributed by atoms with Gasteiger partial charge < -0.3 is 24.5 Å². The quantitative estimate of drug-likeness (QED) is 0.471. The largest absolute Gasteiger partial charge is 0.493 e. The smallest absolute Gasteiger partial charge is 0.258 e.